The Labute approximate surface area is 549 Å². The summed E-state index contributed by atoms with van der Waals surface area (Å²) in [5, 5.41) is 4.51. The predicted molar refractivity (Wildman–Crippen MR) is 396 cm³/mol. The summed E-state index contributed by atoms with van der Waals surface area (Å²) in [7, 11) is 0. The lowest BCUT2D eigenvalue weighted by Gasteiger charge is -2.27. The van der Waals surface area contributed by atoms with Gasteiger partial charge in [-0.2, -0.15) is 0 Å². The standard InChI is InChI=1S/C88H59N3O2S/c1-4-16-66(17-5-1)85-58-59-86(94-85)67-42-56-76(57-43-67)91(72-48-34-62(35-49-72)60-30-44-70(45-31-60)89(68-18-6-2-7-19-68)74-52-38-64(39-53-74)77-24-14-26-81-79-22-10-12-28-83(79)92-87(77)81)73-50-36-63(37-51-73)61-32-46-71(47-33-61)90(69-20-8-3-9-21-69)75-54-40-65(41-55-75)78-25-15-27-82-80-23-11-13-29-84(80)93-88(78)82/h1-59H. The number of fused-ring (bicyclic) bond motifs is 6. The second-order valence-corrected chi connectivity index (χ2v) is 24.7. The summed E-state index contributed by atoms with van der Waals surface area (Å²) in [5.74, 6) is 0. The number of para-hydroxylation sites is 6. The van der Waals surface area contributed by atoms with Crippen LogP contribution in [0.15, 0.2) is 367 Å². The highest BCUT2D eigenvalue weighted by Gasteiger charge is 2.20. The summed E-state index contributed by atoms with van der Waals surface area (Å²) in [6.45, 7) is 0. The molecule has 0 bridgehead atoms. The van der Waals surface area contributed by atoms with Gasteiger partial charge >= 0.3 is 0 Å². The molecule has 17 rings (SSSR count). The second kappa shape index (κ2) is 24.2. The molecular formula is C88H59N3O2S. The normalized spacial score (nSPS) is 11.4. The smallest absolute Gasteiger partial charge is 0.143 e. The summed E-state index contributed by atoms with van der Waals surface area (Å²) in [4.78, 5) is 9.47. The van der Waals surface area contributed by atoms with Gasteiger partial charge in [0.05, 0.1) is 0 Å². The maximum absolute atomic E-state index is 6.44. The van der Waals surface area contributed by atoms with Crippen LogP contribution in [0.4, 0.5) is 51.2 Å². The van der Waals surface area contributed by atoms with Crippen molar-refractivity contribution in [1.29, 1.82) is 0 Å². The third-order valence-corrected chi connectivity index (χ3v) is 19.1. The highest BCUT2D eigenvalue weighted by atomic mass is 32.1. The highest BCUT2D eigenvalue weighted by Crippen LogP contribution is 2.45. The van der Waals surface area contributed by atoms with E-state index in [1.54, 1.807) is 0 Å². The summed E-state index contributed by atoms with van der Waals surface area (Å²) >= 11 is 1.82. The van der Waals surface area contributed by atoms with Crippen molar-refractivity contribution in [2.24, 2.45) is 0 Å². The lowest BCUT2D eigenvalue weighted by molar-refractivity contribution is 0.669. The summed E-state index contributed by atoms with van der Waals surface area (Å²) in [5.41, 5.74) is 24.5. The summed E-state index contributed by atoms with van der Waals surface area (Å²) in [6.07, 6.45) is 0. The minimum absolute atomic E-state index is 0.898. The fraction of sp³-hybridized carbons (Fsp3) is 0. The molecule has 0 aliphatic carbocycles. The number of anilines is 9. The number of furan rings is 2. The zero-order valence-electron chi connectivity index (χ0n) is 51.1. The molecule has 0 N–H and O–H groups in total. The van der Waals surface area contributed by atoms with E-state index in [9.17, 15) is 0 Å². The van der Waals surface area contributed by atoms with Crippen LogP contribution in [-0.2, 0) is 0 Å². The van der Waals surface area contributed by atoms with Crippen LogP contribution < -0.4 is 14.7 Å². The number of rotatable bonds is 15. The summed E-state index contributed by atoms with van der Waals surface area (Å²) < 4.78 is 12.9. The van der Waals surface area contributed by atoms with Gasteiger partial charge in [-0.05, 0) is 178 Å². The average molecular weight is 1220 g/mol. The number of thiophene rings is 1. The molecule has 6 heteroatoms. The average Bonchev–Trinajstić information content (AvgIpc) is 1.59. The molecule has 0 spiro atoms. The Hall–Kier alpha value is -12.2. The number of hydrogen-bond donors (Lipinski definition) is 0. The number of hydrogen-bond acceptors (Lipinski definition) is 6. The first-order valence-corrected chi connectivity index (χ1v) is 32.6. The van der Waals surface area contributed by atoms with Gasteiger partial charge in [-0.15, -0.1) is 11.3 Å². The van der Waals surface area contributed by atoms with E-state index in [0.29, 0.717) is 0 Å². The van der Waals surface area contributed by atoms with Crippen molar-refractivity contribution in [3.63, 3.8) is 0 Å². The van der Waals surface area contributed by atoms with Crippen molar-refractivity contribution < 1.29 is 8.83 Å². The second-order valence-electron chi connectivity index (χ2n) is 23.6. The molecule has 0 atom stereocenters. The molecule has 444 valence electrons. The Morgan fingerprint density at radius 3 is 0.777 bits per heavy atom. The molecule has 3 heterocycles. The molecule has 94 heavy (non-hydrogen) atoms. The van der Waals surface area contributed by atoms with Gasteiger partial charge in [0, 0.05) is 93.6 Å². The van der Waals surface area contributed by atoms with Gasteiger partial charge in [-0.1, -0.05) is 224 Å². The molecule has 3 aromatic heterocycles. The molecule has 0 saturated heterocycles. The highest BCUT2D eigenvalue weighted by molar-refractivity contribution is 7.18. The lowest BCUT2D eigenvalue weighted by atomic mass is 10.0. The van der Waals surface area contributed by atoms with Crippen LogP contribution in [0, 0.1) is 0 Å². The van der Waals surface area contributed by atoms with Gasteiger partial charge in [-0.25, -0.2) is 0 Å². The maximum Gasteiger partial charge on any atom is 0.143 e. The van der Waals surface area contributed by atoms with Crippen molar-refractivity contribution in [1.82, 2.24) is 0 Å². The monoisotopic (exact) mass is 1220 g/mol. The van der Waals surface area contributed by atoms with E-state index in [2.05, 4.69) is 348 Å². The van der Waals surface area contributed by atoms with E-state index < -0.39 is 0 Å². The van der Waals surface area contributed by atoms with Gasteiger partial charge in [0.25, 0.3) is 0 Å². The van der Waals surface area contributed by atoms with E-state index >= 15 is 0 Å². The molecule has 0 saturated carbocycles. The Morgan fingerprint density at radius 1 is 0.181 bits per heavy atom. The van der Waals surface area contributed by atoms with Crippen LogP contribution in [0.25, 0.3) is 109 Å². The Morgan fingerprint density at radius 2 is 0.436 bits per heavy atom. The SMILES string of the molecule is c1ccc(-c2ccc(-c3ccc(N(c4ccc(-c5ccc(N(c6ccccc6)c6ccc(-c7cccc8c7oc7ccccc78)cc6)cc5)cc4)c4ccc(-c5ccc(N(c6ccccc6)c6ccc(-c7cccc8c7oc7ccccc78)cc6)cc5)cc4)cc3)s2)cc1. The molecule has 0 aliphatic heterocycles. The minimum atomic E-state index is 0.898. The first-order chi connectivity index (χ1) is 46.6. The Bertz CT molecular complexity index is 5210. The van der Waals surface area contributed by atoms with Gasteiger partial charge in [-0.3, -0.25) is 0 Å². The van der Waals surface area contributed by atoms with E-state index in [1.165, 1.54) is 20.9 Å². The van der Waals surface area contributed by atoms with Gasteiger partial charge in [0.1, 0.15) is 22.3 Å². The van der Waals surface area contributed by atoms with Gasteiger partial charge in [0.2, 0.25) is 0 Å². The largest absolute Gasteiger partial charge is 0.455 e. The third kappa shape index (κ3) is 10.5. The van der Waals surface area contributed by atoms with Crippen LogP contribution in [0.2, 0.25) is 0 Å². The molecule has 0 radical (unpaired) electrons. The zero-order chi connectivity index (χ0) is 62.3. The fourth-order valence-corrected chi connectivity index (χ4v) is 14.3. The van der Waals surface area contributed by atoms with Crippen LogP contribution in [0.5, 0.6) is 0 Å². The summed E-state index contributed by atoms with van der Waals surface area (Å²) in [6, 6.07) is 128. The molecular weight excluding hydrogens is 1160 g/mol. The van der Waals surface area contributed by atoms with Crippen molar-refractivity contribution in [3.05, 3.63) is 358 Å². The van der Waals surface area contributed by atoms with Crippen molar-refractivity contribution in [3.8, 4) is 65.4 Å². The topological polar surface area (TPSA) is 36.0 Å². The number of benzene rings is 14. The quantitative estimate of drug-likeness (QED) is 0.102. The molecule has 0 fully saturated rings. The van der Waals surface area contributed by atoms with Gasteiger partial charge in [0.15, 0.2) is 0 Å². The third-order valence-electron chi connectivity index (χ3n) is 18.0. The zero-order valence-corrected chi connectivity index (χ0v) is 51.9. The lowest BCUT2D eigenvalue weighted by Crippen LogP contribution is -2.10. The molecule has 0 unspecified atom stereocenters. The molecule has 17 aromatic rings. The maximum atomic E-state index is 6.44. The van der Waals surface area contributed by atoms with E-state index in [-0.39, 0.29) is 0 Å². The van der Waals surface area contributed by atoms with E-state index in [1.807, 2.05) is 35.6 Å². The molecule has 5 nitrogen and oxygen atoms in total. The molecule has 14 aromatic carbocycles. The van der Waals surface area contributed by atoms with Crippen LogP contribution in [-0.4, -0.2) is 0 Å². The van der Waals surface area contributed by atoms with Crippen molar-refractivity contribution >= 4 is 106 Å². The van der Waals surface area contributed by atoms with Crippen LogP contribution in [0.3, 0.4) is 0 Å². The predicted octanol–water partition coefficient (Wildman–Crippen LogP) is 26.0. The van der Waals surface area contributed by atoms with E-state index in [4.69, 9.17) is 8.83 Å². The van der Waals surface area contributed by atoms with Crippen molar-refractivity contribution in [2.75, 3.05) is 14.7 Å². The number of nitrogens with zero attached hydrogens (tertiary/aromatic N) is 3. The Balaban J connectivity index is 0.658. The van der Waals surface area contributed by atoms with Crippen molar-refractivity contribution in [2.45, 2.75) is 0 Å². The molecule has 0 aliphatic rings. The van der Waals surface area contributed by atoms with E-state index in [0.717, 1.165) is 140 Å². The first kappa shape index (κ1) is 55.8. The van der Waals surface area contributed by atoms with Crippen LogP contribution >= 0.6 is 11.3 Å². The molecule has 0 amide bonds. The Kier molecular flexibility index (Phi) is 14.4. The van der Waals surface area contributed by atoms with Gasteiger partial charge < -0.3 is 23.5 Å². The first-order valence-electron chi connectivity index (χ1n) is 31.8. The van der Waals surface area contributed by atoms with Crippen LogP contribution in [0.1, 0.15) is 0 Å². The minimum Gasteiger partial charge on any atom is -0.455 e. The fourth-order valence-electron chi connectivity index (χ4n) is 13.3.